The summed E-state index contributed by atoms with van der Waals surface area (Å²) in [4.78, 5) is 25.1. The summed E-state index contributed by atoms with van der Waals surface area (Å²) in [5, 5.41) is 13.8. The van der Waals surface area contributed by atoms with E-state index in [0.717, 1.165) is 25.9 Å². The van der Waals surface area contributed by atoms with Crippen LogP contribution in [0.2, 0.25) is 5.28 Å². The fourth-order valence-corrected chi connectivity index (χ4v) is 2.76. The molecule has 0 atom stereocenters. The molecule has 1 aromatic carbocycles. The molecule has 2 heterocycles. The number of nitro groups is 1. The van der Waals surface area contributed by atoms with Gasteiger partial charge in [-0.15, -0.1) is 0 Å². The normalized spacial score (nSPS) is 15.0. The molecule has 1 fully saturated rings. The third-order valence-corrected chi connectivity index (χ3v) is 3.99. The molecular formula is C15H17ClN6O2. The second-order valence-corrected chi connectivity index (χ2v) is 5.90. The lowest BCUT2D eigenvalue weighted by atomic mass is 10.2. The number of aromatic nitrogens is 3. The number of halogens is 1. The number of hydrogen-bond acceptors (Lipinski definition) is 7. The summed E-state index contributed by atoms with van der Waals surface area (Å²) in [6, 6.07) is 6.03. The van der Waals surface area contributed by atoms with Crippen LogP contribution in [0.1, 0.15) is 25.7 Å². The molecule has 1 saturated heterocycles. The average molecular weight is 349 g/mol. The van der Waals surface area contributed by atoms with Gasteiger partial charge in [0.25, 0.3) is 5.69 Å². The highest BCUT2D eigenvalue weighted by atomic mass is 35.5. The van der Waals surface area contributed by atoms with Crippen molar-refractivity contribution < 1.29 is 4.92 Å². The fraction of sp³-hybridized carbons (Fsp3) is 0.400. The van der Waals surface area contributed by atoms with E-state index in [-0.39, 0.29) is 11.0 Å². The Hall–Kier alpha value is -2.48. The molecule has 1 aromatic heterocycles. The molecule has 1 aliphatic heterocycles. The molecule has 2 aromatic rings. The molecule has 24 heavy (non-hydrogen) atoms. The second-order valence-electron chi connectivity index (χ2n) is 5.56. The number of rotatable bonds is 4. The summed E-state index contributed by atoms with van der Waals surface area (Å²) in [5.74, 6) is 0.879. The van der Waals surface area contributed by atoms with Gasteiger partial charge < -0.3 is 10.2 Å². The lowest BCUT2D eigenvalue weighted by molar-refractivity contribution is -0.384. The standard InChI is InChI=1S/C15H17ClN6O2/c16-13-18-14(17-11-5-7-12(8-6-11)22(23)24)20-15(19-13)21-9-3-1-2-4-10-21/h5-8H,1-4,9-10H2,(H,17,18,19,20). The zero-order valence-electron chi connectivity index (χ0n) is 13.0. The molecule has 3 rings (SSSR count). The number of nitrogens with one attached hydrogen (secondary N) is 1. The molecular weight excluding hydrogens is 332 g/mol. The molecule has 0 unspecified atom stereocenters. The Morgan fingerprint density at radius 2 is 1.71 bits per heavy atom. The molecule has 126 valence electrons. The van der Waals surface area contributed by atoms with E-state index >= 15 is 0 Å². The zero-order valence-corrected chi connectivity index (χ0v) is 13.7. The van der Waals surface area contributed by atoms with Crippen LogP contribution in [0, 0.1) is 10.1 Å². The van der Waals surface area contributed by atoms with E-state index in [9.17, 15) is 10.1 Å². The van der Waals surface area contributed by atoms with Crippen molar-refractivity contribution in [2.24, 2.45) is 0 Å². The largest absolute Gasteiger partial charge is 0.341 e. The first-order valence-corrected chi connectivity index (χ1v) is 8.17. The van der Waals surface area contributed by atoms with E-state index in [1.165, 1.54) is 25.0 Å². The first kappa shape index (κ1) is 16.4. The molecule has 0 spiro atoms. The molecule has 1 N–H and O–H groups in total. The van der Waals surface area contributed by atoms with E-state index < -0.39 is 4.92 Å². The summed E-state index contributed by atoms with van der Waals surface area (Å²) in [7, 11) is 0. The predicted octanol–water partition coefficient (Wildman–Crippen LogP) is 3.56. The van der Waals surface area contributed by atoms with Gasteiger partial charge >= 0.3 is 0 Å². The van der Waals surface area contributed by atoms with E-state index in [1.807, 2.05) is 0 Å². The number of nitro benzene ring substituents is 1. The number of nitrogens with zero attached hydrogens (tertiary/aromatic N) is 5. The van der Waals surface area contributed by atoms with E-state index in [0.29, 0.717) is 17.6 Å². The Labute approximate surface area is 144 Å². The number of benzene rings is 1. The quantitative estimate of drug-likeness (QED) is 0.666. The highest BCUT2D eigenvalue weighted by molar-refractivity contribution is 6.28. The van der Waals surface area contributed by atoms with Crippen LogP contribution in [0.3, 0.4) is 0 Å². The van der Waals surface area contributed by atoms with Crippen molar-refractivity contribution in [3.63, 3.8) is 0 Å². The smallest absolute Gasteiger partial charge is 0.269 e. The first-order chi connectivity index (χ1) is 11.6. The molecule has 1 aliphatic rings. The van der Waals surface area contributed by atoms with Crippen LogP contribution in [-0.2, 0) is 0 Å². The van der Waals surface area contributed by atoms with Crippen molar-refractivity contribution in [3.8, 4) is 0 Å². The van der Waals surface area contributed by atoms with Gasteiger partial charge in [0.05, 0.1) is 4.92 Å². The minimum absolute atomic E-state index is 0.0273. The van der Waals surface area contributed by atoms with Gasteiger partial charge in [-0.3, -0.25) is 10.1 Å². The number of anilines is 3. The van der Waals surface area contributed by atoms with Crippen LogP contribution in [0.15, 0.2) is 24.3 Å². The Bertz CT molecular complexity index is 716. The second kappa shape index (κ2) is 7.39. The van der Waals surface area contributed by atoms with Gasteiger partial charge in [0.2, 0.25) is 17.2 Å². The van der Waals surface area contributed by atoms with Crippen LogP contribution < -0.4 is 10.2 Å². The number of hydrogen-bond donors (Lipinski definition) is 1. The van der Waals surface area contributed by atoms with Gasteiger partial charge in [-0.2, -0.15) is 15.0 Å². The Morgan fingerprint density at radius 3 is 2.33 bits per heavy atom. The predicted molar refractivity (Wildman–Crippen MR) is 91.9 cm³/mol. The van der Waals surface area contributed by atoms with Crippen molar-refractivity contribution in [2.45, 2.75) is 25.7 Å². The van der Waals surface area contributed by atoms with Crippen molar-refractivity contribution >= 4 is 34.9 Å². The maximum Gasteiger partial charge on any atom is 0.269 e. The highest BCUT2D eigenvalue weighted by Crippen LogP contribution is 2.22. The molecule has 0 bridgehead atoms. The van der Waals surface area contributed by atoms with Crippen molar-refractivity contribution in [1.29, 1.82) is 0 Å². The van der Waals surface area contributed by atoms with Crippen LogP contribution in [-0.4, -0.2) is 33.0 Å². The highest BCUT2D eigenvalue weighted by Gasteiger charge is 2.15. The van der Waals surface area contributed by atoms with Crippen molar-refractivity contribution in [3.05, 3.63) is 39.7 Å². The third-order valence-electron chi connectivity index (χ3n) is 3.82. The van der Waals surface area contributed by atoms with Crippen molar-refractivity contribution in [1.82, 2.24) is 15.0 Å². The SMILES string of the molecule is O=[N+]([O-])c1ccc(Nc2nc(Cl)nc(N3CCCCCC3)n2)cc1. The first-order valence-electron chi connectivity index (χ1n) is 7.80. The maximum atomic E-state index is 10.7. The molecule has 0 saturated carbocycles. The summed E-state index contributed by atoms with van der Waals surface area (Å²) in [6.45, 7) is 1.80. The summed E-state index contributed by atoms with van der Waals surface area (Å²) in [5.41, 5.74) is 0.671. The van der Waals surface area contributed by atoms with Gasteiger partial charge in [-0.25, -0.2) is 0 Å². The van der Waals surface area contributed by atoms with E-state index in [4.69, 9.17) is 11.6 Å². The zero-order chi connectivity index (χ0) is 16.9. The molecule has 8 nitrogen and oxygen atoms in total. The fourth-order valence-electron chi connectivity index (χ4n) is 2.60. The topological polar surface area (TPSA) is 97.1 Å². The van der Waals surface area contributed by atoms with Gasteiger partial charge in [0.1, 0.15) is 0 Å². The minimum Gasteiger partial charge on any atom is -0.341 e. The lowest BCUT2D eigenvalue weighted by Crippen LogP contribution is -2.26. The van der Waals surface area contributed by atoms with E-state index in [2.05, 4.69) is 25.2 Å². The van der Waals surface area contributed by atoms with Crippen LogP contribution in [0.5, 0.6) is 0 Å². The maximum absolute atomic E-state index is 10.7. The molecule has 0 radical (unpaired) electrons. The Kier molecular flexibility index (Phi) is 5.05. The average Bonchev–Trinajstić information content (AvgIpc) is 2.84. The summed E-state index contributed by atoms with van der Waals surface area (Å²) >= 11 is 6.02. The molecule has 0 aliphatic carbocycles. The van der Waals surface area contributed by atoms with Crippen molar-refractivity contribution in [2.75, 3.05) is 23.3 Å². The van der Waals surface area contributed by atoms with Gasteiger partial charge in [-0.05, 0) is 36.6 Å². The van der Waals surface area contributed by atoms with Gasteiger partial charge in [0, 0.05) is 30.9 Å². The summed E-state index contributed by atoms with van der Waals surface area (Å²) in [6.07, 6.45) is 4.63. The van der Waals surface area contributed by atoms with Crippen LogP contribution in [0.25, 0.3) is 0 Å². The molecule has 9 heteroatoms. The van der Waals surface area contributed by atoms with E-state index in [1.54, 1.807) is 12.1 Å². The summed E-state index contributed by atoms with van der Waals surface area (Å²) < 4.78 is 0. The monoisotopic (exact) mass is 348 g/mol. The van der Waals surface area contributed by atoms with Gasteiger partial charge in [0.15, 0.2) is 0 Å². The number of non-ortho nitro benzene ring substituents is 1. The minimum atomic E-state index is -0.443. The lowest BCUT2D eigenvalue weighted by Gasteiger charge is -2.20. The Morgan fingerprint density at radius 1 is 1.04 bits per heavy atom. The third kappa shape index (κ3) is 4.08. The Balaban J connectivity index is 1.79. The van der Waals surface area contributed by atoms with Crippen LogP contribution >= 0.6 is 11.6 Å². The van der Waals surface area contributed by atoms with Crippen LogP contribution in [0.4, 0.5) is 23.3 Å². The van der Waals surface area contributed by atoms with Gasteiger partial charge in [-0.1, -0.05) is 12.8 Å². The molecule has 0 amide bonds.